The van der Waals surface area contributed by atoms with Crippen molar-refractivity contribution in [3.05, 3.63) is 35.9 Å². The van der Waals surface area contributed by atoms with Crippen molar-refractivity contribution in [3.63, 3.8) is 0 Å². The van der Waals surface area contributed by atoms with Gasteiger partial charge >= 0.3 is 92.9 Å². The molecule has 0 radical (unpaired) electrons. The monoisotopic (exact) mass is 342 g/mol. The average molecular weight is 342 g/mol. The summed E-state index contributed by atoms with van der Waals surface area (Å²) in [5.41, 5.74) is -1.48. The third kappa shape index (κ3) is 6.73. The number of hydrogen-bond donors (Lipinski definition) is 2. The Morgan fingerprint density at radius 3 is 1.91 bits per heavy atom. The molecule has 1 rings (SSSR count). The Balaban J connectivity index is 0. The van der Waals surface area contributed by atoms with Gasteiger partial charge in [-0.05, 0) is 12.0 Å². The Kier molecular flexibility index (Phi) is 14.9. The Labute approximate surface area is 196 Å². The maximum atomic E-state index is 11.6. The van der Waals surface area contributed by atoms with E-state index in [0.29, 0.717) is 12.0 Å². The first-order valence-electron chi connectivity index (χ1n) is 7.08. The van der Waals surface area contributed by atoms with Gasteiger partial charge in [0.2, 0.25) is 0 Å². The van der Waals surface area contributed by atoms with Crippen molar-refractivity contribution in [2.75, 3.05) is 0 Å². The van der Waals surface area contributed by atoms with Crippen molar-refractivity contribution in [1.29, 1.82) is 0 Å². The minimum atomic E-state index is -1.83. The van der Waals surface area contributed by atoms with E-state index in [9.17, 15) is 19.8 Å². The number of carboxylic acids is 2. The van der Waals surface area contributed by atoms with Gasteiger partial charge in [0.1, 0.15) is 0 Å². The molecule has 0 aliphatic rings. The quantitative estimate of drug-likeness (QED) is 0.410. The van der Waals surface area contributed by atoms with E-state index in [-0.39, 0.29) is 87.4 Å². The molecule has 1 aromatic rings. The van der Waals surface area contributed by atoms with Crippen LogP contribution in [0, 0.1) is 0 Å². The van der Waals surface area contributed by atoms with Gasteiger partial charge in [-0.1, -0.05) is 69.4 Å². The van der Waals surface area contributed by atoms with Crippen molar-refractivity contribution >= 4 is 92.9 Å². The van der Waals surface area contributed by atoms with Crippen LogP contribution in [0.15, 0.2) is 30.3 Å². The molecule has 0 atom stereocenters. The predicted molar refractivity (Wildman–Crippen MR) is 91.1 cm³/mol. The molecule has 1 aromatic carbocycles. The van der Waals surface area contributed by atoms with Gasteiger partial charge in [-0.25, -0.2) is 0 Å². The van der Waals surface area contributed by atoms with Crippen LogP contribution in [0.2, 0.25) is 0 Å². The van der Waals surface area contributed by atoms with Gasteiger partial charge in [-0.3, -0.25) is 9.59 Å². The maximum absolute atomic E-state index is 11.6. The summed E-state index contributed by atoms with van der Waals surface area (Å²) in [6.07, 6.45) is 4.81. The van der Waals surface area contributed by atoms with E-state index < -0.39 is 17.4 Å². The molecule has 0 saturated carbocycles. The van der Waals surface area contributed by atoms with Crippen LogP contribution in [0.1, 0.15) is 51.0 Å². The number of hydrogen-bond acceptors (Lipinski definition) is 2. The third-order valence-electron chi connectivity index (χ3n) is 3.65. The first-order valence-corrected chi connectivity index (χ1v) is 7.08. The number of aliphatic carboxylic acids is 2. The summed E-state index contributed by atoms with van der Waals surface area (Å²) in [7, 11) is 0. The normalized spacial score (nSPS) is 10.2. The van der Waals surface area contributed by atoms with Gasteiger partial charge in [0.15, 0.2) is 5.41 Å². The van der Waals surface area contributed by atoms with E-state index in [2.05, 4.69) is 6.92 Å². The molecular weight excluding hydrogens is 318 g/mol. The Bertz CT molecular complexity index is 437. The molecule has 0 bridgehead atoms. The van der Waals surface area contributed by atoms with Crippen molar-refractivity contribution in [2.24, 2.45) is 0 Å². The predicted octanol–water partition coefficient (Wildman–Crippen LogP) is 2.16. The molecule has 0 spiro atoms. The van der Waals surface area contributed by atoms with Gasteiger partial charge in [-0.15, -0.1) is 0 Å². The topological polar surface area (TPSA) is 74.6 Å². The fourth-order valence-electron chi connectivity index (χ4n) is 2.41. The molecule has 114 valence electrons. The van der Waals surface area contributed by atoms with Crippen molar-refractivity contribution in [1.82, 2.24) is 0 Å². The van der Waals surface area contributed by atoms with Crippen LogP contribution in [0.4, 0.5) is 0 Å². The van der Waals surface area contributed by atoms with E-state index in [4.69, 9.17) is 0 Å². The molecule has 0 aliphatic carbocycles. The van der Waals surface area contributed by atoms with Gasteiger partial charge < -0.3 is 10.2 Å². The summed E-state index contributed by atoms with van der Waals surface area (Å²) < 4.78 is 0. The second-order valence-electron chi connectivity index (χ2n) is 5.05. The van der Waals surface area contributed by atoms with Crippen molar-refractivity contribution in [2.45, 2.75) is 50.9 Å². The van der Waals surface area contributed by atoms with E-state index in [1.165, 1.54) is 0 Å². The zero-order valence-corrected chi connectivity index (χ0v) is 11.8. The van der Waals surface area contributed by atoms with Crippen LogP contribution in [-0.4, -0.2) is 103 Å². The Hall–Kier alpha value is 0.796. The molecule has 6 heteroatoms. The van der Waals surface area contributed by atoms with Gasteiger partial charge in [0.25, 0.3) is 0 Å². The molecule has 0 aromatic heterocycles. The Morgan fingerprint density at radius 2 is 1.45 bits per heavy atom. The fourth-order valence-corrected chi connectivity index (χ4v) is 2.41. The molecule has 0 saturated heterocycles. The van der Waals surface area contributed by atoms with E-state index in [1.54, 1.807) is 30.3 Å². The number of unbranched alkanes of at least 4 members (excludes halogenated alkanes) is 4. The van der Waals surface area contributed by atoms with Gasteiger partial charge in [0.05, 0.1) is 0 Å². The first kappa shape index (κ1) is 25.0. The first-order chi connectivity index (χ1) is 9.55. The molecular formula is C16H24KNaO4. The summed E-state index contributed by atoms with van der Waals surface area (Å²) >= 11 is 0. The molecule has 0 aliphatic heterocycles. The molecule has 22 heavy (non-hydrogen) atoms. The third-order valence-corrected chi connectivity index (χ3v) is 3.65. The van der Waals surface area contributed by atoms with Crippen LogP contribution in [0.25, 0.3) is 0 Å². The second kappa shape index (κ2) is 13.1. The van der Waals surface area contributed by atoms with Gasteiger partial charge in [-0.2, -0.15) is 0 Å². The van der Waals surface area contributed by atoms with E-state index >= 15 is 0 Å². The second-order valence-corrected chi connectivity index (χ2v) is 5.05. The van der Waals surface area contributed by atoms with E-state index in [1.807, 2.05) is 0 Å². The molecule has 4 nitrogen and oxygen atoms in total. The Morgan fingerprint density at radius 1 is 0.955 bits per heavy atom. The zero-order valence-electron chi connectivity index (χ0n) is 11.8. The number of benzene rings is 1. The molecule has 0 amide bonds. The molecule has 0 fully saturated rings. The number of rotatable bonds is 9. The van der Waals surface area contributed by atoms with Crippen molar-refractivity contribution < 1.29 is 19.8 Å². The van der Waals surface area contributed by atoms with Gasteiger partial charge in [0, 0.05) is 0 Å². The fraction of sp³-hybridized carbons (Fsp3) is 0.500. The van der Waals surface area contributed by atoms with Crippen LogP contribution in [0.5, 0.6) is 0 Å². The summed E-state index contributed by atoms with van der Waals surface area (Å²) in [5, 5.41) is 18.9. The zero-order chi connectivity index (χ0) is 15.0. The number of carbonyl (C=O) groups is 2. The molecule has 0 unspecified atom stereocenters. The molecule has 2 N–H and O–H groups in total. The summed E-state index contributed by atoms with van der Waals surface area (Å²) in [5.74, 6) is -2.57. The number of carboxylic acid groups (broad SMARTS) is 2. The van der Waals surface area contributed by atoms with Crippen LogP contribution in [-0.2, 0) is 15.0 Å². The van der Waals surface area contributed by atoms with Crippen LogP contribution in [0.3, 0.4) is 0 Å². The average Bonchev–Trinajstić information content (AvgIpc) is 2.43. The van der Waals surface area contributed by atoms with Crippen molar-refractivity contribution in [3.8, 4) is 0 Å². The molecule has 0 heterocycles. The van der Waals surface area contributed by atoms with E-state index in [0.717, 1.165) is 25.7 Å². The summed E-state index contributed by atoms with van der Waals surface area (Å²) in [6.45, 7) is 2.10. The summed E-state index contributed by atoms with van der Waals surface area (Å²) in [4.78, 5) is 23.2. The summed E-state index contributed by atoms with van der Waals surface area (Å²) in [6, 6.07) is 8.25. The van der Waals surface area contributed by atoms with Crippen LogP contribution >= 0.6 is 0 Å². The minimum absolute atomic E-state index is 0. The van der Waals surface area contributed by atoms with Crippen LogP contribution < -0.4 is 0 Å². The standard InChI is InChI=1S/C16H22O4.K.Na.2H/c1-2-3-4-5-9-12-16(14(17)18,15(19)20)13-10-7-6-8-11-13;;;;/h6-8,10-11H,2-5,9,12H2,1H3,(H,17,18)(H,19,20);;;;. The SMILES string of the molecule is CCCCCCCC(C(=O)O)(C(=O)O)c1ccccc1.[KH].[NaH].